The van der Waals surface area contributed by atoms with Crippen molar-refractivity contribution in [2.45, 2.75) is 84.5 Å². The topological polar surface area (TPSA) is 46.5 Å². The fourth-order valence-corrected chi connectivity index (χ4v) is 2.83. The lowest BCUT2D eigenvalue weighted by Crippen LogP contribution is -1.99. The Morgan fingerprint density at radius 1 is 1.04 bits per heavy atom. The summed E-state index contributed by atoms with van der Waals surface area (Å²) in [6.07, 6.45) is 15.9. The predicted octanol–water partition coefficient (Wildman–Crippen LogP) is 6.38. The minimum Gasteiger partial charge on any atom is -0.504 e. The van der Waals surface area contributed by atoms with Crippen LogP contribution in [0.4, 0.5) is 0 Å². The molecule has 146 valence electrons. The Bertz CT molecular complexity index is 534. The van der Waals surface area contributed by atoms with Crippen LogP contribution in [0, 0.1) is 0 Å². The van der Waals surface area contributed by atoms with Crippen LogP contribution < -0.4 is 4.74 Å². The van der Waals surface area contributed by atoms with E-state index in [9.17, 15) is 9.90 Å². The predicted molar refractivity (Wildman–Crippen MR) is 109 cm³/mol. The Morgan fingerprint density at radius 2 is 1.77 bits per heavy atom. The van der Waals surface area contributed by atoms with Crippen LogP contribution in [0.25, 0.3) is 0 Å². The van der Waals surface area contributed by atoms with Crippen LogP contribution in [0.3, 0.4) is 0 Å². The third-order valence-electron chi connectivity index (χ3n) is 4.42. The number of hydrogen-bond donors (Lipinski definition) is 1. The molecule has 1 aromatic carbocycles. The van der Waals surface area contributed by atoms with Crippen molar-refractivity contribution in [3.05, 3.63) is 35.9 Å². The number of phenols is 1. The zero-order valence-corrected chi connectivity index (χ0v) is 16.6. The van der Waals surface area contributed by atoms with Gasteiger partial charge in [-0.1, -0.05) is 64.5 Å². The number of aryl methyl sites for hydroxylation is 1. The van der Waals surface area contributed by atoms with Gasteiger partial charge >= 0.3 is 0 Å². The van der Waals surface area contributed by atoms with E-state index in [1.165, 1.54) is 44.9 Å². The lowest BCUT2D eigenvalue weighted by Gasteiger charge is -2.08. The van der Waals surface area contributed by atoms with Gasteiger partial charge in [-0.25, -0.2) is 0 Å². The molecule has 0 fully saturated rings. The quantitative estimate of drug-likeness (QED) is 0.291. The van der Waals surface area contributed by atoms with Gasteiger partial charge in [-0.2, -0.15) is 0 Å². The van der Waals surface area contributed by atoms with Gasteiger partial charge in [-0.3, -0.25) is 4.79 Å². The Kier molecular flexibility index (Phi) is 12.3. The van der Waals surface area contributed by atoms with Crippen molar-refractivity contribution in [2.24, 2.45) is 0 Å². The number of unbranched alkanes of at least 4 members (excludes halogenated alkanes) is 7. The molecule has 0 saturated heterocycles. The van der Waals surface area contributed by atoms with Crippen LogP contribution in [-0.4, -0.2) is 17.5 Å². The van der Waals surface area contributed by atoms with Gasteiger partial charge in [0.1, 0.15) is 0 Å². The molecule has 0 aromatic heterocycles. The van der Waals surface area contributed by atoms with Crippen molar-refractivity contribution in [3.63, 3.8) is 0 Å². The number of benzene rings is 1. The average molecular weight is 361 g/mol. The maximum atomic E-state index is 12.0. The van der Waals surface area contributed by atoms with Crippen molar-refractivity contribution in [2.75, 3.05) is 6.61 Å². The van der Waals surface area contributed by atoms with Crippen LogP contribution in [0.2, 0.25) is 0 Å². The SMILES string of the molecule is CCCCCCCCCC=CC(=O)CCc1ccc(O)c(OCCC)c1. The van der Waals surface area contributed by atoms with Gasteiger partial charge in [0.2, 0.25) is 0 Å². The number of carbonyl (C=O) groups excluding carboxylic acids is 1. The largest absolute Gasteiger partial charge is 0.504 e. The Morgan fingerprint density at radius 3 is 2.50 bits per heavy atom. The van der Waals surface area contributed by atoms with E-state index in [0.29, 0.717) is 25.2 Å². The first-order chi connectivity index (χ1) is 12.7. The average Bonchev–Trinajstić information content (AvgIpc) is 2.65. The molecule has 0 radical (unpaired) electrons. The molecule has 0 saturated carbocycles. The molecular formula is C23H36O3. The molecule has 3 nitrogen and oxygen atoms in total. The second-order valence-corrected chi connectivity index (χ2v) is 6.93. The highest BCUT2D eigenvalue weighted by Crippen LogP contribution is 2.27. The van der Waals surface area contributed by atoms with Gasteiger partial charge in [-0.15, -0.1) is 0 Å². The van der Waals surface area contributed by atoms with Crippen LogP contribution in [0.5, 0.6) is 11.5 Å². The maximum Gasteiger partial charge on any atom is 0.161 e. The van der Waals surface area contributed by atoms with Crippen molar-refractivity contribution >= 4 is 5.78 Å². The van der Waals surface area contributed by atoms with Gasteiger partial charge in [0.15, 0.2) is 17.3 Å². The number of carbonyl (C=O) groups is 1. The first-order valence-corrected chi connectivity index (χ1v) is 10.3. The molecule has 0 aliphatic heterocycles. The Labute approximate surface area is 159 Å². The lowest BCUT2D eigenvalue weighted by molar-refractivity contribution is -0.114. The van der Waals surface area contributed by atoms with E-state index < -0.39 is 0 Å². The number of rotatable bonds is 15. The van der Waals surface area contributed by atoms with Gasteiger partial charge in [0.25, 0.3) is 0 Å². The second-order valence-electron chi connectivity index (χ2n) is 6.93. The van der Waals surface area contributed by atoms with Crippen LogP contribution in [0.15, 0.2) is 30.4 Å². The summed E-state index contributed by atoms with van der Waals surface area (Å²) in [5, 5.41) is 9.78. The van der Waals surface area contributed by atoms with E-state index in [0.717, 1.165) is 18.4 Å². The van der Waals surface area contributed by atoms with E-state index in [2.05, 4.69) is 6.92 Å². The molecule has 0 heterocycles. The minimum atomic E-state index is 0.156. The first-order valence-electron chi connectivity index (χ1n) is 10.3. The van der Waals surface area contributed by atoms with Crippen molar-refractivity contribution < 1.29 is 14.6 Å². The summed E-state index contributed by atoms with van der Waals surface area (Å²) in [5.41, 5.74) is 1.02. The van der Waals surface area contributed by atoms with E-state index in [4.69, 9.17) is 4.74 Å². The van der Waals surface area contributed by atoms with Crippen LogP contribution in [0.1, 0.15) is 83.6 Å². The molecule has 0 bridgehead atoms. The Balaban J connectivity index is 2.21. The highest BCUT2D eigenvalue weighted by molar-refractivity contribution is 5.89. The van der Waals surface area contributed by atoms with Gasteiger partial charge in [-0.05, 0) is 49.5 Å². The van der Waals surface area contributed by atoms with E-state index in [-0.39, 0.29) is 11.5 Å². The fourth-order valence-electron chi connectivity index (χ4n) is 2.83. The second kappa shape index (κ2) is 14.4. The van der Waals surface area contributed by atoms with Crippen molar-refractivity contribution in [3.8, 4) is 11.5 Å². The lowest BCUT2D eigenvalue weighted by atomic mass is 10.1. The smallest absolute Gasteiger partial charge is 0.161 e. The molecule has 1 rings (SSSR count). The first kappa shape index (κ1) is 22.3. The number of hydrogen-bond acceptors (Lipinski definition) is 3. The molecule has 1 aromatic rings. The third kappa shape index (κ3) is 10.3. The van der Waals surface area contributed by atoms with Crippen molar-refractivity contribution in [1.82, 2.24) is 0 Å². The zero-order chi connectivity index (χ0) is 19.0. The third-order valence-corrected chi connectivity index (χ3v) is 4.42. The highest BCUT2D eigenvalue weighted by atomic mass is 16.5. The maximum absolute atomic E-state index is 12.0. The summed E-state index contributed by atoms with van der Waals surface area (Å²) in [4.78, 5) is 12.0. The normalized spacial score (nSPS) is 11.2. The van der Waals surface area contributed by atoms with Crippen LogP contribution >= 0.6 is 0 Å². The summed E-state index contributed by atoms with van der Waals surface area (Å²) in [6.45, 7) is 4.85. The number of allylic oxidation sites excluding steroid dienone is 2. The van der Waals surface area contributed by atoms with Gasteiger partial charge < -0.3 is 9.84 Å². The summed E-state index contributed by atoms with van der Waals surface area (Å²) >= 11 is 0. The molecule has 0 aliphatic rings. The fraction of sp³-hybridized carbons (Fsp3) is 0.609. The minimum absolute atomic E-state index is 0.156. The number of ketones is 1. The van der Waals surface area contributed by atoms with Gasteiger partial charge in [0, 0.05) is 6.42 Å². The Hall–Kier alpha value is -1.77. The molecule has 3 heteroatoms. The highest BCUT2D eigenvalue weighted by Gasteiger charge is 2.05. The zero-order valence-electron chi connectivity index (χ0n) is 16.6. The van der Waals surface area contributed by atoms with Crippen molar-refractivity contribution in [1.29, 1.82) is 0 Å². The molecule has 0 atom stereocenters. The molecule has 0 aliphatic carbocycles. The van der Waals surface area contributed by atoms with E-state index >= 15 is 0 Å². The summed E-state index contributed by atoms with van der Waals surface area (Å²) < 4.78 is 5.52. The molecule has 1 N–H and O–H groups in total. The summed E-state index contributed by atoms with van der Waals surface area (Å²) in [7, 11) is 0. The number of aromatic hydroxyl groups is 1. The van der Waals surface area contributed by atoms with E-state index in [1.807, 2.05) is 25.1 Å². The number of phenolic OH excluding ortho intramolecular Hbond substituents is 1. The summed E-state index contributed by atoms with van der Waals surface area (Å²) in [6, 6.07) is 5.32. The summed E-state index contributed by atoms with van der Waals surface area (Å²) in [5.74, 6) is 0.825. The molecule has 0 amide bonds. The molecule has 0 spiro atoms. The monoisotopic (exact) mass is 360 g/mol. The number of ether oxygens (including phenoxy) is 1. The molecule has 0 unspecified atom stereocenters. The van der Waals surface area contributed by atoms with E-state index in [1.54, 1.807) is 12.1 Å². The van der Waals surface area contributed by atoms with Gasteiger partial charge in [0.05, 0.1) is 6.61 Å². The van der Waals surface area contributed by atoms with Crippen LogP contribution in [-0.2, 0) is 11.2 Å². The standard InChI is InChI=1S/C23H36O3/c1-3-5-6-7-8-9-10-11-12-13-21(24)16-14-20-15-17-22(25)23(19-20)26-18-4-2/h12-13,15,17,19,25H,3-11,14,16,18H2,1-2H3. The molecular weight excluding hydrogens is 324 g/mol. The molecule has 26 heavy (non-hydrogen) atoms.